The Morgan fingerprint density at radius 1 is 0.486 bits per heavy atom. The van der Waals surface area contributed by atoms with Gasteiger partial charge in [-0.2, -0.15) is 0 Å². The number of hydrogen-bond donors (Lipinski definition) is 0. The Kier molecular flexibility index (Phi) is 7.48. The van der Waals surface area contributed by atoms with Gasteiger partial charge >= 0.3 is 222 Å². The average Bonchev–Trinajstić information content (AvgIpc) is 2.99. The second-order valence-electron chi connectivity index (χ2n) is 8.82. The van der Waals surface area contributed by atoms with Crippen LogP contribution >= 0.6 is 0 Å². The summed E-state index contributed by atoms with van der Waals surface area (Å²) in [5, 5.41) is 0. The van der Waals surface area contributed by atoms with E-state index >= 15 is 0 Å². The quantitative estimate of drug-likeness (QED) is 0.118. The molecular formula is C34H28GeO2. The standard InChI is InChI=1S/C34H28GeO2/c1-37-34(36)32(27-17-7-2-8-18-27)33(28-19-9-3-10-20-28)35(29-21-11-4-12-22-29,30-23-13-5-14-24-30)31-25-15-6-16-26-31/h2-26H,1H3/b33-32-. The Labute approximate surface area is 221 Å². The van der Waals surface area contributed by atoms with Crippen LogP contribution in [0, 0.1) is 0 Å². The molecule has 2 nitrogen and oxygen atoms in total. The maximum atomic E-state index is 13.8. The van der Waals surface area contributed by atoms with Crippen LogP contribution in [0.2, 0.25) is 0 Å². The van der Waals surface area contributed by atoms with Crippen LogP contribution < -0.4 is 13.2 Å². The summed E-state index contributed by atoms with van der Waals surface area (Å²) in [4.78, 5) is 13.8. The van der Waals surface area contributed by atoms with Gasteiger partial charge in [0.15, 0.2) is 0 Å². The molecule has 0 atom stereocenters. The van der Waals surface area contributed by atoms with E-state index in [9.17, 15) is 4.79 Å². The van der Waals surface area contributed by atoms with Gasteiger partial charge in [-0.15, -0.1) is 0 Å². The molecule has 0 aliphatic carbocycles. The third-order valence-corrected chi connectivity index (χ3v) is 17.0. The summed E-state index contributed by atoms with van der Waals surface area (Å²) in [6.07, 6.45) is 0. The monoisotopic (exact) mass is 542 g/mol. The molecule has 0 radical (unpaired) electrons. The number of esters is 1. The van der Waals surface area contributed by atoms with E-state index in [1.165, 1.54) is 20.3 Å². The van der Waals surface area contributed by atoms with Crippen molar-refractivity contribution in [1.82, 2.24) is 0 Å². The molecule has 0 spiro atoms. The van der Waals surface area contributed by atoms with Gasteiger partial charge in [-0.05, 0) is 0 Å². The SMILES string of the molecule is COC(=O)/C(=[C](/c1ccccc1)[Ge]([c]1ccccc1)([c]1ccccc1)[c]1ccccc1)c1ccccc1. The van der Waals surface area contributed by atoms with Crippen LogP contribution in [0.25, 0.3) is 9.98 Å². The van der Waals surface area contributed by atoms with E-state index in [-0.39, 0.29) is 5.97 Å². The zero-order valence-corrected chi connectivity index (χ0v) is 22.8. The van der Waals surface area contributed by atoms with Crippen LogP contribution in [0.15, 0.2) is 152 Å². The molecule has 0 unspecified atom stereocenters. The number of methoxy groups -OCH3 is 1. The summed E-state index contributed by atoms with van der Waals surface area (Å²) < 4.78 is 10.3. The van der Waals surface area contributed by atoms with Crippen molar-refractivity contribution in [2.45, 2.75) is 0 Å². The first-order valence-corrected chi connectivity index (χ1v) is 16.6. The van der Waals surface area contributed by atoms with E-state index in [0.717, 1.165) is 15.5 Å². The van der Waals surface area contributed by atoms with Gasteiger partial charge in [0.25, 0.3) is 0 Å². The zero-order valence-electron chi connectivity index (χ0n) is 20.8. The summed E-state index contributed by atoms with van der Waals surface area (Å²) in [7, 11) is 1.47. The summed E-state index contributed by atoms with van der Waals surface area (Å²) in [6.45, 7) is 0. The first kappa shape index (κ1) is 24.5. The first-order chi connectivity index (χ1) is 18.3. The van der Waals surface area contributed by atoms with Crippen molar-refractivity contribution in [3.05, 3.63) is 163 Å². The van der Waals surface area contributed by atoms with E-state index in [4.69, 9.17) is 4.74 Å². The van der Waals surface area contributed by atoms with Crippen molar-refractivity contribution < 1.29 is 9.53 Å². The van der Waals surface area contributed by atoms with E-state index in [1.807, 2.05) is 48.5 Å². The summed E-state index contributed by atoms with van der Waals surface area (Å²) in [5.74, 6) is -0.331. The Hall–Kier alpha value is -4.15. The van der Waals surface area contributed by atoms with Crippen molar-refractivity contribution in [3.8, 4) is 0 Å². The Morgan fingerprint density at radius 2 is 0.811 bits per heavy atom. The van der Waals surface area contributed by atoms with Crippen LogP contribution in [-0.4, -0.2) is 26.3 Å². The number of rotatable bonds is 7. The van der Waals surface area contributed by atoms with Crippen LogP contribution in [0.3, 0.4) is 0 Å². The van der Waals surface area contributed by atoms with Gasteiger partial charge in [0.1, 0.15) is 0 Å². The molecule has 180 valence electrons. The van der Waals surface area contributed by atoms with Crippen molar-refractivity contribution in [2.24, 2.45) is 0 Å². The second kappa shape index (κ2) is 11.3. The van der Waals surface area contributed by atoms with E-state index in [2.05, 4.69) is 103 Å². The van der Waals surface area contributed by atoms with E-state index in [1.54, 1.807) is 0 Å². The van der Waals surface area contributed by atoms with E-state index < -0.39 is 13.3 Å². The van der Waals surface area contributed by atoms with E-state index in [0.29, 0.717) is 5.57 Å². The molecule has 0 saturated carbocycles. The number of carbonyl (C=O) groups is 1. The third-order valence-electron chi connectivity index (χ3n) is 6.76. The van der Waals surface area contributed by atoms with Crippen molar-refractivity contribution in [2.75, 3.05) is 7.11 Å². The van der Waals surface area contributed by atoms with Gasteiger partial charge in [0, 0.05) is 0 Å². The fraction of sp³-hybridized carbons (Fsp3) is 0.0294. The van der Waals surface area contributed by atoms with Crippen LogP contribution in [0.5, 0.6) is 0 Å². The fourth-order valence-electron chi connectivity index (χ4n) is 5.22. The normalized spacial score (nSPS) is 11.9. The molecular weight excluding hydrogens is 513 g/mol. The second-order valence-corrected chi connectivity index (χ2v) is 16.7. The molecule has 0 heterocycles. The molecule has 0 aliphatic heterocycles. The van der Waals surface area contributed by atoms with Crippen molar-refractivity contribution >= 4 is 42.4 Å². The summed E-state index contributed by atoms with van der Waals surface area (Å²) in [6, 6.07) is 52.4. The molecule has 0 saturated heterocycles. The number of ether oxygens (including phenoxy) is 1. The zero-order chi connectivity index (χ0) is 25.5. The minimum atomic E-state index is -3.82. The van der Waals surface area contributed by atoms with Gasteiger partial charge in [-0.1, -0.05) is 0 Å². The van der Waals surface area contributed by atoms with Crippen molar-refractivity contribution in [1.29, 1.82) is 0 Å². The Bertz CT molecular complexity index is 1380. The Morgan fingerprint density at radius 3 is 1.16 bits per heavy atom. The number of hydrogen-bond acceptors (Lipinski definition) is 2. The predicted octanol–water partition coefficient (Wildman–Crippen LogP) is 5.48. The molecule has 5 aromatic rings. The van der Waals surface area contributed by atoms with Gasteiger partial charge in [0.2, 0.25) is 0 Å². The number of benzene rings is 5. The molecule has 0 aliphatic rings. The van der Waals surface area contributed by atoms with Gasteiger partial charge in [-0.25, -0.2) is 0 Å². The van der Waals surface area contributed by atoms with Gasteiger partial charge < -0.3 is 0 Å². The molecule has 0 bridgehead atoms. The minimum absolute atomic E-state index is 0.331. The molecule has 5 aromatic carbocycles. The van der Waals surface area contributed by atoms with Crippen LogP contribution in [0.4, 0.5) is 0 Å². The van der Waals surface area contributed by atoms with Gasteiger partial charge in [0.05, 0.1) is 0 Å². The van der Waals surface area contributed by atoms with Crippen LogP contribution in [-0.2, 0) is 9.53 Å². The topological polar surface area (TPSA) is 26.3 Å². The average molecular weight is 541 g/mol. The molecule has 3 heteroatoms. The number of carbonyl (C=O) groups excluding carboxylic acids is 1. The van der Waals surface area contributed by atoms with Crippen LogP contribution in [0.1, 0.15) is 11.1 Å². The first-order valence-electron chi connectivity index (χ1n) is 12.4. The van der Waals surface area contributed by atoms with Crippen molar-refractivity contribution in [3.63, 3.8) is 0 Å². The third kappa shape index (κ3) is 4.68. The molecule has 5 rings (SSSR count). The summed E-state index contributed by atoms with van der Waals surface area (Å²) in [5.41, 5.74) is 2.50. The van der Waals surface area contributed by atoms with Gasteiger partial charge in [-0.3, -0.25) is 0 Å². The molecule has 0 fully saturated rings. The molecule has 37 heavy (non-hydrogen) atoms. The maximum absolute atomic E-state index is 13.8. The molecule has 0 N–H and O–H groups in total. The predicted molar refractivity (Wildman–Crippen MR) is 156 cm³/mol. The summed E-state index contributed by atoms with van der Waals surface area (Å²) >= 11 is -3.82. The Balaban J connectivity index is 2.07. The molecule has 0 aromatic heterocycles. The fourth-order valence-corrected chi connectivity index (χ4v) is 16.1. The molecule has 0 amide bonds.